The fourth-order valence-electron chi connectivity index (χ4n) is 5.79. The van der Waals surface area contributed by atoms with Crippen molar-refractivity contribution in [1.29, 1.82) is 0 Å². The summed E-state index contributed by atoms with van der Waals surface area (Å²) in [4.78, 5) is 33.1. The maximum absolute atomic E-state index is 15.4. The van der Waals surface area contributed by atoms with Crippen LogP contribution in [-0.4, -0.2) is 110 Å². The van der Waals surface area contributed by atoms with Gasteiger partial charge in [-0.2, -0.15) is 17.6 Å². The number of amides is 2. The first-order valence-corrected chi connectivity index (χ1v) is 20.8. The van der Waals surface area contributed by atoms with E-state index in [2.05, 4.69) is 19.4 Å². The third-order valence-corrected chi connectivity index (χ3v) is 12.9. The van der Waals surface area contributed by atoms with Crippen molar-refractivity contribution >= 4 is 31.9 Å². The molecule has 2 unspecified atom stereocenters. The standard InChI is InChI=1S/C18H25F3N2O5S.C17H23F3N2O5S/c1-17(2,3)28-16(24)23-9-7-12(8-10-23)18(4,21)29(25,26)13-5-6-14(22-11-13)27-15(19)20;1-17(2,3)27-16(23)22-8-6-11(7-9-22)14(18)28(24,25)12-4-5-13(21-10-12)26-15(19)20/h5-6,11-12,15H,7-10H2,1-4H3;4-5,10-11,14-15H,6-9H2,1-3H3. The summed E-state index contributed by atoms with van der Waals surface area (Å²) in [5.41, 5.74) is -3.52. The second kappa shape index (κ2) is 18.7. The summed E-state index contributed by atoms with van der Waals surface area (Å²) >= 11 is 0. The Hall–Kier alpha value is -4.08. The third-order valence-electron chi connectivity index (χ3n) is 8.74. The molecule has 0 aromatic carbocycles. The molecule has 0 N–H and O–H groups in total. The molecule has 2 aromatic rings. The van der Waals surface area contributed by atoms with Gasteiger partial charge in [0.1, 0.15) is 11.2 Å². The molecule has 2 aromatic heterocycles. The molecule has 57 heavy (non-hydrogen) atoms. The minimum Gasteiger partial charge on any atom is -0.444 e. The number of rotatable bonds is 10. The van der Waals surface area contributed by atoms with Gasteiger partial charge in [0.15, 0.2) is 0 Å². The summed E-state index contributed by atoms with van der Waals surface area (Å²) in [6, 6.07) is 3.84. The van der Waals surface area contributed by atoms with Gasteiger partial charge >= 0.3 is 25.4 Å². The molecule has 0 saturated carbocycles. The van der Waals surface area contributed by atoms with Gasteiger partial charge < -0.3 is 28.7 Å². The lowest BCUT2D eigenvalue weighted by molar-refractivity contribution is -0.0536. The molecule has 2 amide bonds. The van der Waals surface area contributed by atoms with Crippen molar-refractivity contribution in [1.82, 2.24) is 19.8 Å². The van der Waals surface area contributed by atoms with Crippen molar-refractivity contribution in [3.63, 3.8) is 0 Å². The Bertz CT molecular complexity index is 1860. The molecule has 0 spiro atoms. The number of carbonyl (C=O) groups excluding carboxylic acids is 2. The predicted octanol–water partition coefficient (Wildman–Crippen LogP) is 7.19. The highest BCUT2D eigenvalue weighted by molar-refractivity contribution is 7.92. The van der Waals surface area contributed by atoms with Crippen LogP contribution in [0.5, 0.6) is 11.8 Å². The van der Waals surface area contributed by atoms with Crippen LogP contribution in [0, 0.1) is 11.8 Å². The number of halogens is 6. The number of alkyl halides is 6. The topological polar surface area (TPSA) is 172 Å². The molecule has 0 bridgehead atoms. The molecule has 4 heterocycles. The molecular weight excluding hydrogens is 815 g/mol. The highest BCUT2D eigenvalue weighted by atomic mass is 32.2. The lowest BCUT2D eigenvalue weighted by atomic mass is 9.92. The highest BCUT2D eigenvalue weighted by Gasteiger charge is 2.49. The zero-order valence-electron chi connectivity index (χ0n) is 32.5. The van der Waals surface area contributed by atoms with E-state index in [9.17, 15) is 48.4 Å². The van der Waals surface area contributed by atoms with Crippen molar-refractivity contribution in [2.45, 2.75) is 119 Å². The average molecular weight is 863 g/mol. The van der Waals surface area contributed by atoms with Gasteiger partial charge in [-0.25, -0.2) is 45.2 Å². The summed E-state index contributed by atoms with van der Waals surface area (Å²) in [7, 11) is -8.81. The van der Waals surface area contributed by atoms with Gasteiger partial charge in [-0.15, -0.1) is 0 Å². The van der Waals surface area contributed by atoms with E-state index in [1.807, 2.05) is 0 Å². The molecule has 22 heteroatoms. The van der Waals surface area contributed by atoms with E-state index in [4.69, 9.17) is 9.47 Å². The van der Waals surface area contributed by atoms with E-state index in [0.717, 1.165) is 43.6 Å². The number of hydrogen-bond donors (Lipinski definition) is 0. The monoisotopic (exact) mass is 862 g/mol. The Morgan fingerprint density at radius 2 is 1.05 bits per heavy atom. The number of piperidine rings is 2. The Morgan fingerprint density at radius 3 is 1.40 bits per heavy atom. The lowest BCUT2D eigenvalue weighted by Gasteiger charge is -2.38. The van der Waals surface area contributed by atoms with E-state index in [1.165, 1.54) is 9.80 Å². The van der Waals surface area contributed by atoms with Crippen LogP contribution in [0.1, 0.15) is 74.1 Å². The first-order chi connectivity index (χ1) is 26.1. The Balaban J connectivity index is 0.000000306. The largest absolute Gasteiger partial charge is 0.444 e. The van der Waals surface area contributed by atoms with Crippen LogP contribution in [0.4, 0.5) is 35.9 Å². The Labute approximate surface area is 328 Å². The van der Waals surface area contributed by atoms with E-state index in [1.54, 1.807) is 41.5 Å². The van der Waals surface area contributed by atoms with E-state index >= 15 is 4.39 Å². The van der Waals surface area contributed by atoms with E-state index < -0.39 is 100 Å². The number of sulfone groups is 2. The number of carbonyl (C=O) groups is 2. The van der Waals surface area contributed by atoms with E-state index in [0.29, 0.717) is 0 Å². The Kier molecular flexibility index (Phi) is 15.5. The third kappa shape index (κ3) is 13.2. The molecule has 0 radical (unpaired) electrons. The summed E-state index contributed by atoms with van der Waals surface area (Å²) < 4.78 is 148. The Morgan fingerprint density at radius 1 is 0.667 bits per heavy atom. The molecule has 2 aliphatic heterocycles. The number of likely N-dealkylation sites (tertiary alicyclic amines) is 2. The summed E-state index contributed by atoms with van der Waals surface area (Å²) in [6.07, 6.45) is 1.09. The molecule has 0 aliphatic carbocycles. The van der Waals surface area contributed by atoms with Crippen LogP contribution in [0.15, 0.2) is 46.5 Å². The zero-order valence-corrected chi connectivity index (χ0v) is 34.1. The van der Waals surface area contributed by atoms with Crippen LogP contribution in [0.2, 0.25) is 0 Å². The molecule has 2 atom stereocenters. The van der Waals surface area contributed by atoms with Gasteiger partial charge in [0.05, 0.1) is 9.79 Å². The van der Waals surface area contributed by atoms with Gasteiger partial charge in [-0.05, 0) is 86.3 Å². The molecule has 4 rings (SSSR count). The first kappa shape index (κ1) is 47.3. The van der Waals surface area contributed by atoms with Crippen LogP contribution >= 0.6 is 0 Å². The number of pyridine rings is 2. The van der Waals surface area contributed by atoms with Crippen molar-refractivity contribution < 1.29 is 71.7 Å². The molecule has 2 saturated heterocycles. The van der Waals surface area contributed by atoms with E-state index in [-0.39, 0.29) is 51.9 Å². The molecule has 2 aliphatic rings. The predicted molar refractivity (Wildman–Crippen MR) is 192 cm³/mol. The SMILES string of the molecule is CC(C)(C)OC(=O)N1CCC(C(C)(F)S(=O)(=O)c2ccc(OC(F)F)nc2)CC1.CC(C)(C)OC(=O)N1CCC(C(F)S(=O)(=O)c2ccc(OC(F)F)nc2)CC1. The number of ether oxygens (including phenoxy) is 4. The molecular formula is C35H48F6N4O10S2. The number of aromatic nitrogens is 2. The van der Waals surface area contributed by atoms with Crippen LogP contribution in [0.3, 0.4) is 0 Å². The summed E-state index contributed by atoms with van der Waals surface area (Å²) in [5, 5.41) is -2.63. The van der Waals surface area contributed by atoms with Crippen molar-refractivity contribution in [3.8, 4) is 11.8 Å². The summed E-state index contributed by atoms with van der Waals surface area (Å²) in [6.45, 7) is 5.82. The van der Waals surface area contributed by atoms with Gasteiger partial charge in [0.25, 0.3) is 0 Å². The minimum absolute atomic E-state index is 0.130. The van der Waals surface area contributed by atoms with Gasteiger partial charge in [0, 0.05) is 62.5 Å². The van der Waals surface area contributed by atoms with Crippen LogP contribution < -0.4 is 9.47 Å². The fourth-order valence-corrected chi connectivity index (χ4v) is 8.86. The molecule has 2 fully saturated rings. The number of hydrogen-bond acceptors (Lipinski definition) is 12. The van der Waals surface area contributed by atoms with Crippen molar-refractivity contribution in [2.75, 3.05) is 26.2 Å². The zero-order chi connectivity index (χ0) is 43.1. The van der Waals surface area contributed by atoms with Crippen molar-refractivity contribution in [2.24, 2.45) is 11.8 Å². The molecule has 322 valence electrons. The normalized spacial score (nSPS) is 17.9. The quantitative estimate of drug-likeness (QED) is 0.221. The van der Waals surface area contributed by atoms with Gasteiger partial charge in [0.2, 0.25) is 41.9 Å². The highest BCUT2D eigenvalue weighted by Crippen LogP contribution is 2.40. The van der Waals surface area contributed by atoms with Crippen LogP contribution in [-0.2, 0) is 29.1 Å². The average Bonchev–Trinajstić information content (AvgIpc) is 3.10. The lowest BCUT2D eigenvalue weighted by Crippen LogP contribution is -2.48. The number of nitrogens with zero attached hydrogens (tertiary/aromatic N) is 4. The maximum atomic E-state index is 15.4. The first-order valence-electron chi connectivity index (χ1n) is 17.7. The molecule has 14 nitrogen and oxygen atoms in total. The summed E-state index contributed by atoms with van der Waals surface area (Å²) in [5.74, 6) is -2.59. The smallest absolute Gasteiger partial charge is 0.410 e. The van der Waals surface area contributed by atoms with Gasteiger partial charge in [-0.3, -0.25) is 0 Å². The van der Waals surface area contributed by atoms with Gasteiger partial charge in [-0.1, -0.05) is 0 Å². The second-order valence-corrected chi connectivity index (χ2v) is 19.6. The van der Waals surface area contributed by atoms with Crippen molar-refractivity contribution in [3.05, 3.63) is 36.7 Å². The maximum Gasteiger partial charge on any atom is 0.410 e. The second-order valence-electron chi connectivity index (χ2n) is 15.4. The van der Waals surface area contributed by atoms with Crippen LogP contribution in [0.25, 0.3) is 0 Å². The minimum atomic E-state index is -4.46. The fraction of sp³-hybridized carbons (Fsp3) is 0.657.